The lowest BCUT2D eigenvalue weighted by molar-refractivity contribution is -0.155. The Morgan fingerprint density at radius 2 is 0.981 bits per heavy atom. The van der Waals surface area contributed by atoms with Crippen LogP contribution in [-0.2, 0) is 19.1 Å². The summed E-state index contributed by atoms with van der Waals surface area (Å²) < 4.78 is 11.1. The van der Waals surface area contributed by atoms with Crippen molar-refractivity contribution in [3.05, 3.63) is 204 Å². The third kappa shape index (κ3) is 10.5. The fraction of sp³-hybridized carbons (Fsp3) is 0.0909. The maximum absolute atomic E-state index is 13.5. The predicted octanol–water partition coefficient (Wildman–Crippen LogP) is 7.99. The van der Waals surface area contributed by atoms with E-state index in [1.807, 2.05) is 78.9 Å². The number of aliphatic carboxylic acids is 1. The number of esters is 1. The van der Waals surface area contributed by atoms with Gasteiger partial charge in [-0.1, -0.05) is 140 Å². The number of ether oxygens (including phenoxy) is 2. The number of methoxy groups -OCH3 is 1. The summed E-state index contributed by atoms with van der Waals surface area (Å²) in [5.74, 6) is -2.42. The highest BCUT2D eigenvalue weighted by Gasteiger charge is 2.31. The molecular weight excluding hydrogens is 668 g/mol. The van der Waals surface area contributed by atoms with Crippen molar-refractivity contribution in [1.29, 1.82) is 0 Å². The van der Waals surface area contributed by atoms with Crippen LogP contribution in [-0.4, -0.2) is 36.0 Å². The van der Waals surface area contributed by atoms with Gasteiger partial charge in [-0.3, -0.25) is 14.4 Å². The molecule has 2 amide bonds. The second-order valence-electron chi connectivity index (χ2n) is 11.7. The Bertz CT molecular complexity index is 2020. The minimum Gasteiger partial charge on any atom is -0.497 e. The lowest BCUT2D eigenvalue weighted by Crippen LogP contribution is -2.33. The Morgan fingerprint density at radius 3 is 1.43 bits per heavy atom. The zero-order chi connectivity index (χ0) is 37.4. The standard InChI is InChI=1S/C29H25NO4.C15H13NO3/c1-33-25-19-17-24(18-20-25)30-28(31)27(23-15-9-4-10-16-23)34-29(32)26(21-11-5-2-6-12-21)22-13-7-3-8-14-22;17-14(12-9-5-2-6-10-12)16-13(15(18)19)11-7-3-1-4-8-11/h2-20,26-27H,1H3,(H,30,31);1-10,13H,(H,16,17)(H,18,19). The number of hydrogen-bond donors (Lipinski definition) is 3. The second kappa shape index (κ2) is 18.8. The van der Waals surface area contributed by atoms with E-state index in [0.717, 1.165) is 11.1 Å². The number of carbonyl (C=O) groups is 4. The second-order valence-corrected chi connectivity index (χ2v) is 11.7. The highest BCUT2D eigenvalue weighted by molar-refractivity contribution is 5.97. The van der Waals surface area contributed by atoms with E-state index in [-0.39, 0.29) is 0 Å². The van der Waals surface area contributed by atoms with Gasteiger partial charge in [-0.05, 0) is 53.1 Å². The van der Waals surface area contributed by atoms with E-state index in [1.165, 1.54) is 0 Å². The quantitative estimate of drug-likeness (QED) is 0.110. The molecule has 2 unspecified atom stereocenters. The van der Waals surface area contributed by atoms with Crippen molar-refractivity contribution in [3.63, 3.8) is 0 Å². The van der Waals surface area contributed by atoms with Crippen LogP contribution in [0.25, 0.3) is 0 Å². The van der Waals surface area contributed by atoms with Crippen LogP contribution < -0.4 is 15.4 Å². The van der Waals surface area contributed by atoms with Gasteiger partial charge in [-0.15, -0.1) is 0 Å². The van der Waals surface area contributed by atoms with Crippen LogP contribution in [0, 0.1) is 0 Å². The van der Waals surface area contributed by atoms with Crippen LogP contribution in [0.5, 0.6) is 5.75 Å². The van der Waals surface area contributed by atoms with Gasteiger partial charge in [0.25, 0.3) is 11.8 Å². The topological polar surface area (TPSA) is 131 Å². The molecular formula is C44H38N2O7. The lowest BCUT2D eigenvalue weighted by atomic mass is 9.91. The Labute approximate surface area is 307 Å². The van der Waals surface area contributed by atoms with Gasteiger partial charge in [0.05, 0.1) is 7.11 Å². The molecule has 0 fully saturated rings. The monoisotopic (exact) mass is 706 g/mol. The molecule has 2 atom stereocenters. The number of hydrogen-bond acceptors (Lipinski definition) is 6. The smallest absolute Gasteiger partial charge is 0.330 e. The van der Waals surface area contributed by atoms with E-state index in [2.05, 4.69) is 10.6 Å². The summed E-state index contributed by atoms with van der Waals surface area (Å²) in [4.78, 5) is 50.0. The molecule has 6 rings (SSSR count). The minimum absolute atomic E-state index is 0.406. The molecule has 0 aliphatic heterocycles. The highest BCUT2D eigenvalue weighted by Crippen LogP contribution is 2.30. The molecule has 9 heteroatoms. The van der Waals surface area contributed by atoms with Crippen LogP contribution in [0.15, 0.2) is 176 Å². The molecule has 0 heterocycles. The summed E-state index contributed by atoms with van der Waals surface area (Å²) in [5.41, 5.74) is 3.72. The molecule has 6 aromatic carbocycles. The summed E-state index contributed by atoms with van der Waals surface area (Å²) in [6.07, 6.45) is -1.12. The van der Waals surface area contributed by atoms with Gasteiger partial charge in [0.1, 0.15) is 11.7 Å². The van der Waals surface area contributed by atoms with Gasteiger partial charge in [-0.2, -0.15) is 0 Å². The van der Waals surface area contributed by atoms with Crippen molar-refractivity contribution in [3.8, 4) is 5.75 Å². The summed E-state index contributed by atoms with van der Waals surface area (Å²) in [6, 6.07) is 50.9. The van der Waals surface area contributed by atoms with Crippen molar-refractivity contribution in [2.24, 2.45) is 0 Å². The van der Waals surface area contributed by atoms with Gasteiger partial charge in [-0.25, -0.2) is 4.79 Å². The zero-order valence-electron chi connectivity index (χ0n) is 28.9. The van der Waals surface area contributed by atoms with E-state index in [4.69, 9.17) is 9.47 Å². The minimum atomic E-state index is -1.12. The Morgan fingerprint density at radius 1 is 0.547 bits per heavy atom. The molecule has 0 radical (unpaired) electrons. The molecule has 0 bridgehead atoms. The van der Waals surface area contributed by atoms with Crippen molar-refractivity contribution >= 4 is 29.4 Å². The fourth-order valence-electron chi connectivity index (χ4n) is 5.46. The van der Waals surface area contributed by atoms with Crippen LogP contribution in [0.2, 0.25) is 0 Å². The number of carbonyl (C=O) groups excluding carboxylic acids is 3. The number of carboxylic acids is 1. The molecule has 266 valence electrons. The summed E-state index contributed by atoms with van der Waals surface area (Å²) in [6.45, 7) is 0. The van der Waals surface area contributed by atoms with Gasteiger partial charge in [0, 0.05) is 16.8 Å². The van der Waals surface area contributed by atoms with E-state index in [1.54, 1.807) is 104 Å². The van der Waals surface area contributed by atoms with Gasteiger partial charge in [0.15, 0.2) is 6.04 Å². The SMILES string of the molecule is COc1ccc(NC(=O)C(OC(=O)C(c2ccccc2)c2ccccc2)c2ccccc2)cc1.O=C(NC(C(=O)O)c1ccccc1)c1ccccc1. The normalized spacial score (nSPS) is 11.5. The van der Waals surface area contributed by atoms with E-state index in [0.29, 0.717) is 28.1 Å². The average molecular weight is 707 g/mol. The van der Waals surface area contributed by atoms with Crippen LogP contribution in [0.1, 0.15) is 50.7 Å². The molecule has 0 aromatic heterocycles. The van der Waals surface area contributed by atoms with E-state index < -0.39 is 41.8 Å². The van der Waals surface area contributed by atoms with Crippen molar-refractivity contribution < 1.29 is 33.8 Å². The van der Waals surface area contributed by atoms with Crippen molar-refractivity contribution in [2.45, 2.75) is 18.1 Å². The van der Waals surface area contributed by atoms with E-state index in [9.17, 15) is 24.3 Å². The highest BCUT2D eigenvalue weighted by atomic mass is 16.5. The molecule has 0 saturated heterocycles. The maximum Gasteiger partial charge on any atom is 0.330 e. The number of carboxylic acid groups (broad SMARTS) is 1. The zero-order valence-corrected chi connectivity index (χ0v) is 28.9. The van der Waals surface area contributed by atoms with Crippen molar-refractivity contribution in [2.75, 3.05) is 12.4 Å². The number of rotatable bonds is 12. The summed E-state index contributed by atoms with van der Waals surface area (Å²) >= 11 is 0. The predicted molar refractivity (Wildman–Crippen MR) is 202 cm³/mol. The van der Waals surface area contributed by atoms with E-state index >= 15 is 0 Å². The molecule has 3 N–H and O–H groups in total. The fourth-order valence-corrected chi connectivity index (χ4v) is 5.46. The third-order valence-corrected chi connectivity index (χ3v) is 8.12. The summed E-state index contributed by atoms with van der Waals surface area (Å²) in [5, 5.41) is 14.6. The molecule has 6 aromatic rings. The lowest BCUT2D eigenvalue weighted by Gasteiger charge is -2.22. The van der Waals surface area contributed by atoms with Gasteiger partial charge < -0.3 is 25.2 Å². The first kappa shape index (κ1) is 37.3. The van der Waals surface area contributed by atoms with Crippen LogP contribution in [0.3, 0.4) is 0 Å². The average Bonchev–Trinajstić information content (AvgIpc) is 3.21. The van der Waals surface area contributed by atoms with Gasteiger partial charge in [0.2, 0.25) is 6.10 Å². The van der Waals surface area contributed by atoms with Crippen LogP contribution in [0.4, 0.5) is 5.69 Å². The maximum atomic E-state index is 13.5. The van der Waals surface area contributed by atoms with Crippen LogP contribution >= 0.6 is 0 Å². The number of anilines is 1. The first-order chi connectivity index (χ1) is 25.8. The van der Waals surface area contributed by atoms with Crippen molar-refractivity contribution in [1.82, 2.24) is 5.32 Å². The Balaban J connectivity index is 0.000000241. The number of benzene rings is 6. The molecule has 0 aliphatic rings. The molecule has 9 nitrogen and oxygen atoms in total. The first-order valence-corrected chi connectivity index (χ1v) is 16.8. The Kier molecular flexibility index (Phi) is 13.2. The molecule has 0 saturated carbocycles. The Hall–Kier alpha value is -7.00. The number of nitrogens with one attached hydrogen (secondary N) is 2. The van der Waals surface area contributed by atoms with Gasteiger partial charge >= 0.3 is 11.9 Å². The molecule has 0 aliphatic carbocycles. The summed E-state index contributed by atoms with van der Waals surface area (Å²) in [7, 11) is 1.58. The largest absolute Gasteiger partial charge is 0.497 e. The first-order valence-electron chi connectivity index (χ1n) is 16.8. The molecule has 0 spiro atoms. The third-order valence-electron chi connectivity index (χ3n) is 8.12. The molecule has 53 heavy (non-hydrogen) atoms. The number of amides is 2.